The molecular formula is C21H29N3O2Se. The molecule has 0 radical (unpaired) electrons. The van der Waals surface area contributed by atoms with Gasteiger partial charge in [-0.3, -0.25) is 0 Å². The molecule has 2 heterocycles. The molecule has 146 valence electrons. The predicted molar refractivity (Wildman–Crippen MR) is 112 cm³/mol. The van der Waals surface area contributed by atoms with Crippen molar-refractivity contribution in [1.29, 1.82) is 0 Å². The van der Waals surface area contributed by atoms with Crippen molar-refractivity contribution >= 4 is 37.9 Å². The molecule has 2 aliphatic rings. The van der Waals surface area contributed by atoms with Crippen molar-refractivity contribution in [3.63, 3.8) is 0 Å². The van der Waals surface area contributed by atoms with Gasteiger partial charge in [-0.05, 0) is 0 Å². The molecule has 1 amide bonds. The first-order valence-corrected chi connectivity index (χ1v) is 10.7. The minimum atomic E-state index is 0.0833. The second kappa shape index (κ2) is 9.54. The van der Waals surface area contributed by atoms with Crippen LogP contribution in [0.5, 0.6) is 0 Å². The number of morpholine rings is 1. The monoisotopic (exact) mass is 435 g/mol. The van der Waals surface area contributed by atoms with Crippen LogP contribution in [0.3, 0.4) is 0 Å². The summed E-state index contributed by atoms with van der Waals surface area (Å²) in [6.07, 6.45) is 6.61. The molecule has 0 bridgehead atoms. The van der Waals surface area contributed by atoms with Gasteiger partial charge in [0.1, 0.15) is 0 Å². The molecule has 0 N–H and O–H groups in total. The number of anilines is 1. The average molecular weight is 434 g/mol. The van der Waals surface area contributed by atoms with Crippen LogP contribution >= 0.6 is 0 Å². The molecule has 3 rings (SSSR count). The number of likely N-dealkylation sites (N-methyl/N-ethyl adjacent to an activating group) is 1. The molecule has 2 aliphatic heterocycles. The summed E-state index contributed by atoms with van der Waals surface area (Å²) in [4.78, 5) is 19.0. The third kappa shape index (κ3) is 4.81. The number of unbranched alkanes of at least 4 members (excludes halogenated alkanes) is 3. The first-order chi connectivity index (χ1) is 13.1. The molecule has 0 atom stereocenters. The van der Waals surface area contributed by atoms with Crippen molar-refractivity contribution in [2.45, 2.75) is 32.6 Å². The van der Waals surface area contributed by atoms with Gasteiger partial charge in [0.05, 0.1) is 0 Å². The Morgan fingerprint density at radius 3 is 2.48 bits per heavy atom. The summed E-state index contributed by atoms with van der Waals surface area (Å²) in [5, 5.41) is 0. The SMILES string of the molecule is CCCCCCN1C(=O)/C(=C\c2ccc(N3CCOCC3)cc2)N(C)C1=[Se]. The number of hydrogen-bond acceptors (Lipinski definition) is 4. The van der Waals surface area contributed by atoms with E-state index in [0.717, 1.165) is 55.2 Å². The molecule has 1 aromatic rings. The van der Waals surface area contributed by atoms with Crippen molar-refractivity contribution in [2.75, 3.05) is 44.8 Å². The number of rotatable bonds is 7. The Labute approximate surface area is 170 Å². The zero-order valence-electron chi connectivity index (χ0n) is 16.3. The summed E-state index contributed by atoms with van der Waals surface area (Å²) in [5.41, 5.74) is 2.97. The Hall–Kier alpha value is -1.62. The summed E-state index contributed by atoms with van der Waals surface area (Å²) >= 11 is 3.07. The van der Waals surface area contributed by atoms with Crippen LogP contribution in [0.15, 0.2) is 30.0 Å². The molecule has 2 fully saturated rings. The molecular weight excluding hydrogens is 405 g/mol. The van der Waals surface area contributed by atoms with Crippen LogP contribution in [-0.2, 0) is 9.53 Å². The van der Waals surface area contributed by atoms with Crippen LogP contribution in [0.25, 0.3) is 6.08 Å². The zero-order valence-corrected chi connectivity index (χ0v) is 18.0. The summed E-state index contributed by atoms with van der Waals surface area (Å²) < 4.78 is 6.31. The molecule has 1 aromatic carbocycles. The number of nitrogens with zero attached hydrogens (tertiary/aromatic N) is 3. The van der Waals surface area contributed by atoms with Crippen molar-refractivity contribution < 1.29 is 9.53 Å². The first kappa shape index (κ1) is 20.1. The standard InChI is InChI=1S/C21H29N3O2Se/c1-3-4-5-6-11-24-20(25)19(22(2)21(24)27)16-17-7-9-18(10-8-17)23-12-14-26-15-13-23/h7-10,16H,3-6,11-15H2,1-2H3/b19-16+. The van der Waals surface area contributed by atoms with Gasteiger partial charge < -0.3 is 0 Å². The van der Waals surface area contributed by atoms with Crippen LogP contribution in [0.2, 0.25) is 0 Å². The second-order valence-electron chi connectivity index (χ2n) is 7.08. The van der Waals surface area contributed by atoms with Crippen molar-refractivity contribution in [2.24, 2.45) is 0 Å². The van der Waals surface area contributed by atoms with Gasteiger partial charge >= 0.3 is 170 Å². The van der Waals surface area contributed by atoms with Gasteiger partial charge in [0, 0.05) is 0 Å². The number of benzene rings is 1. The van der Waals surface area contributed by atoms with Crippen molar-refractivity contribution in [1.82, 2.24) is 9.80 Å². The number of hydrogen-bond donors (Lipinski definition) is 0. The fraction of sp³-hybridized carbons (Fsp3) is 0.524. The maximum absolute atomic E-state index is 12.9. The third-order valence-corrected chi connectivity index (χ3v) is 6.19. The van der Waals surface area contributed by atoms with Gasteiger partial charge in [0.25, 0.3) is 0 Å². The van der Waals surface area contributed by atoms with Gasteiger partial charge in [-0.1, -0.05) is 0 Å². The van der Waals surface area contributed by atoms with E-state index in [1.54, 1.807) is 0 Å². The number of amides is 1. The van der Waals surface area contributed by atoms with E-state index in [9.17, 15) is 4.79 Å². The summed E-state index contributed by atoms with van der Waals surface area (Å²) in [5.74, 6) is 0.0833. The van der Waals surface area contributed by atoms with Crippen LogP contribution in [0.1, 0.15) is 38.2 Å². The van der Waals surface area contributed by atoms with E-state index in [0.29, 0.717) is 0 Å². The van der Waals surface area contributed by atoms with Crippen molar-refractivity contribution in [3.8, 4) is 0 Å². The molecule has 2 saturated heterocycles. The number of carbonyl (C=O) groups is 1. The summed E-state index contributed by atoms with van der Waals surface area (Å²) in [6, 6.07) is 8.43. The van der Waals surface area contributed by atoms with E-state index < -0.39 is 0 Å². The van der Waals surface area contributed by atoms with Crippen LogP contribution in [-0.4, -0.2) is 75.8 Å². The molecule has 0 spiro atoms. The Kier molecular flexibility index (Phi) is 7.11. The van der Waals surface area contributed by atoms with Gasteiger partial charge in [-0.25, -0.2) is 0 Å². The van der Waals surface area contributed by atoms with Gasteiger partial charge in [-0.2, -0.15) is 0 Å². The van der Waals surface area contributed by atoms with E-state index in [-0.39, 0.29) is 5.91 Å². The van der Waals surface area contributed by atoms with Crippen molar-refractivity contribution in [3.05, 3.63) is 35.5 Å². The molecule has 5 nitrogen and oxygen atoms in total. The molecule has 0 aliphatic carbocycles. The maximum atomic E-state index is 12.9. The molecule has 0 saturated carbocycles. The van der Waals surface area contributed by atoms with Gasteiger partial charge in [-0.15, -0.1) is 0 Å². The quantitative estimate of drug-likeness (QED) is 0.375. The Morgan fingerprint density at radius 2 is 1.81 bits per heavy atom. The first-order valence-electron chi connectivity index (χ1n) is 9.86. The average Bonchev–Trinajstić information content (AvgIpc) is 2.90. The fourth-order valence-corrected chi connectivity index (χ4v) is 4.04. The fourth-order valence-electron chi connectivity index (χ4n) is 3.47. The Bertz CT molecular complexity index is 696. The number of carbonyl (C=O) groups excluding carboxylic acids is 1. The van der Waals surface area contributed by atoms with Gasteiger partial charge in [0.15, 0.2) is 0 Å². The normalized spacial score (nSPS) is 19.5. The van der Waals surface area contributed by atoms with E-state index in [4.69, 9.17) is 4.74 Å². The van der Waals surface area contributed by atoms with Crippen LogP contribution < -0.4 is 4.90 Å². The third-order valence-electron chi connectivity index (χ3n) is 5.15. The van der Waals surface area contributed by atoms with Gasteiger partial charge in [0.2, 0.25) is 0 Å². The zero-order chi connectivity index (χ0) is 19.2. The summed E-state index contributed by atoms with van der Waals surface area (Å²) in [7, 11) is 1.95. The molecule has 0 unspecified atom stereocenters. The Morgan fingerprint density at radius 1 is 1.11 bits per heavy atom. The van der Waals surface area contributed by atoms with Crippen LogP contribution in [0.4, 0.5) is 5.69 Å². The van der Waals surface area contributed by atoms with E-state index in [1.807, 2.05) is 22.9 Å². The van der Waals surface area contributed by atoms with E-state index >= 15 is 0 Å². The van der Waals surface area contributed by atoms with Crippen LogP contribution in [0, 0.1) is 0 Å². The summed E-state index contributed by atoms with van der Waals surface area (Å²) in [6.45, 7) is 6.40. The topological polar surface area (TPSA) is 36.0 Å². The Balaban J connectivity index is 1.68. The number of ether oxygens (including phenoxy) is 1. The molecule has 0 aromatic heterocycles. The second-order valence-corrected chi connectivity index (χ2v) is 7.85. The molecule has 27 heavy (non-hydrogen) atoms. The predicted octanol–water partition coefficient (Wildman–Crippen LogP) is 2.47. The van der Waals surface area contributed by atoms with E-state index in [2.05, 4.69) is 51.7 Å². The van der Waals surface area contributed by atoms with E-state index in [1.165, 1.54) is 24.9 Å². The molecule has 6 heteroatoms. The minimum absolute atomic E-state index is 0.0833.